The van der Waals surface area contributed by atoms with E-state index in [1.165, 1.54) is 36.1 Å². The van der Waals surface area contributed by atoms with Crippen molar-refractivity contribution >= 4 is 0 Å². The Kier molecular flexibility index (Phi) is 1.88. The van der Waals surface area contributed by atoms with Gasteiger partial charge in [0.05, 0.1) is 11.4 Å². The first-order valence-corrected chi connectivity index (χ1v) is 5.47. The molecule has 0 fully saturated rings. The summed E-state index contributed by atoms with van der Waals surface area (Å²) in [5.74, 6) is 0. The van der Waals surface area contributed by atoms with Crippen LogP contribution in [0.15, 0.2) is 30.5 Å². The molecule has 1 aromatic heterocycles. The lowest BCUT2D eigenvalue weighted by Gasteiger charge is -2.04. The van der Waals surface area contributed by atoms with Crippen LogP contribution in [0.2, 0.25) is 0 Å². The molecule has 0 saturated carbocycles. The maximum absolute atomic E-state index is 4.42. The quantitative estimate of drug-likeness (QED) is 0.688. The van der Waals surface area contributed by atoms with E-state index < -0.39 is 0 Å². The monoisotopic (exact) mass is 198 g/mol. The largest absolute Gasteiger partial charge is 0.241 e. The molecule has 2 nitrogen and oxygen atoms in total. The van der Waals surface area contributed by atoms with Gasteiger partial charge in [0, 0.05) is 6.20 Å². The van der Waals surface area contributed by atoms with Crippen molar-refractivity contribution in [1.29, 1.82) is 0 Å². The second-order valence-electron chi connectivity index (χ2n) is 4.21. The third-order valence-electron chi connectivity index (χ3n) is 3.07. The summed E-state index contributed by atoms with van der Waals surface area (Å²) in [6.07, 6.45) is 5.79. The smallest absolute Gasteiger partial charge is 0.0648 e. The van der Waals surface area contributed by atoms with E-state index in [1.54, 1.807) is 0 Å². The highest BCUT2D eigenvalue weighted by atomic mass is 15.3. The van der Waals surface area contributed by atoms with Gasteiger partial charge in [0.25, 0.3) is 0 Å². The van der Waals surface area contributed by atoms with E-state index in [1.807, 2.05) is 23.9 Å². The van der Waals surface area contributed by atoms with Gasteiger partial charge in [0.1, 0.15) is 0 Å². The zero-order valence-electron chi connectivity index (χ0n) is 8.90. The van der Waals surface area contributed by atoms with Crippen LogP contribution in [0.3, 0.4) is 0 Å². The second kappa shape index (κ2) is 3.23. The molecular formula is C13H14N2. The van der Waals surface area contributed by atoms with Gasteiger partial charge < -0.3 is 0 Å². The van der Waals surface area contributed by atoms with E-state index in [9.17, 15) is 0 Å². The maximum atomic E-state index is 4.42. The van der Waals surface area contributed by atoms with Gasteiger partial charge in [-0.25, -0.2) is 4.68 Å². The van der Waals surface area contributed by atoms with E-state index >= 15 is 0 Å². The van der Waals surface area contributed by atoms with Crippen molar-refractivity contribution in [2.45, 2.75) is 26.2 Å². The van der Waals surface area contributed by atoms with Crippen LogP contribution >= 0.6 is 0 Å². The average Bonchev–Trinajstić information content (AvgIpc) is 2.84. The van der Waals surface area contributed by atoms with Crippen LogP contribution in [0.1, 0.15) is 23.2 Å². The number of fused-ring (bicyclic) bond motifs is 1. The van der Waals surface area contributed by atoms with Crippen molar-refractivity contribution in [3.8, 4) is 5.69 Å². The van der Waals surface area contributed by atoms with Crippen molar-refractivity contribution in [3.05, 3.63) is 47.3 Å². The van der Waals surface area contributed by atoms with Gasteiger partial charge in [0.2, 0.25) is 0 Å². The molecule has 0 unspecified atom stereocenters. The predicted molar refractivity (Wildman–Crippen MR) is 60.3 cm³/mol. The van der Waals surface area contributed by atoms with Gasteiger partial charge in [-0.3, -0.25) is 0 Å². The fraction of sp³-hybridized carbons (Fsp3) is 0.308. The minimum atomic E-state index is 1.07. The number of nitrogens with zero attached hydrogens (tertiary/aromatic N) is 2. The Morgan fingerprint density at radius 3 is 2.80 bits per heavy atom. The molecule has 2 aromatic rings. The third-order valence-corrected chi connectivity index (χ3v) is 3.07. The Labute approximate surface area is 89.5 Å². The molecule has 0 aliphatic heterocycles. The van der Waals surface area contributed by atoms with Crippen LogP contribution in [0, 0.1) is 6.92 Å². The van der Waals surface area contributed by atoms with E-state index in [0.29, 0.717) is 0 Å². The normalized spacial score (nSPS) is 14.2. The highest BCUT2D eigenvalue weighted by Crippen LogP contribution is 2.24. The molecule has 15 heavy (non-hydrogen) atoms. The van der Waals surface area contributed by atoms with Crippen LogP contribution < -0.4 is 0 Å². The molecule has 0 spiro atoms. The highest BCUT2D eigenvalue weighted by molar-refractivity contribution is 5.42. The summed E-state index contributed by atoms with van der Waals surface area (Å²) in [7, 11) is 0. The fourth-order valence-electron chi connectivity index (χ4n) is 2.26. The fourth-order valence-corrected chi connectivity index (χ4v) is 2.26. The van der Waals surface area contributed by atoms with Gasteiger partial charge in [-0.15, -0.1) is 0 Å². The SMILES string of the molecule is Cc1ccn(-c2ccc3c(c2)CCC3)n1. The summed E-state index contributed by atoms with van der Waals surface area (Å²) < 4.78 is 1.95. The topological polar surface area (TPSA) is 17.8 Å². The van der Waals surface area contributed by atoms with E-state index in [0.717, 1.165) is 5.69 Å². The van der Waals surface area contributed by atoms with Crippen LogP contribution in [0.25, 0.3) is 5.69 Å². The summed E-state index contributed by atoms with van der Waals surface area (Å²) in [5, 5.41) is 4.42. The van der Waals surface area contributed by atoms with Crippen molar-refractivity contribution in [1.82, 2.24) is 9.78 Å². The lowest BCUT2D eigenvalue weighted by Crippen LogP contribution is -1.96. The molecule has 0 radical (unpaired) electrons. The van der Waals surface area contributed by atoms with Crippen LogP contribution in [-0.2, 0) is 12.8 Å². The minimum Gasteiger partial charge on any atom is -0.241 e. The molecule has 0 saturated heterocycles. The number of rotatable bonds is 1. The summed E-state index contributed by atoms with van der Waals surface area (Å²) in [6.45, 7) is 2.02. The number of benzene rings is 1. The third kappa shape index (κ3) is 1.46. The first kappa shape index (κ1) is 8.72. The Bertz CT molecular complexity index is 497. The molecule has 0 N–H and O–H groups in total. The lowest BCUT2D eigenvalue weighted by atomic mass is 10.1. The number of aryl methyl sites for hydroxylation is 3. The molecule has 1 heterocycles. The van der Waals surface area contributed by atoms with Gasteiger partial charge >= 0.3 is 0 Å². The molecule has 1 aromatic carbocycles. The Balaban J connectivity index is 2.06. The van der Waals surface area contributed by atoms with Crippen molar-refractivity contribution in [2.75, 3.05) is 0 Å². The minimum absolute atomic E-state index is 1.07. The highest BCUT2D eigenvalue weighted by Gasteiger charge is 2.11. The van der Waals surface area contributed by atoms with Crippen molar-refractivity contribution < 1.29 is 0 Å². The van der Waals surface area contributed by atoms with Crippen LogP contribution in [0.4, 0.5) is 0 Å². The lowest BCUT2D eigenvalue weighted by molar-refractivity contribution is 0.860. The molecule has 1 aliphatic rings. The molecular weight excluding hydrogens is 184 g/mol. The van der Waals surface area contributed by atoms with Gasteiger partial charge in [-0.2, -0.15) is 5.10 Å². The standard InChI is InChI=1S/C13H14N2/c1-10-7-8-15(14-10)13-6-5-11-3-2-4-12(11)9-13/h5-9H,2-4H2,1H3. The zero-order chi connectivity index (χ0) is 10.3. The first-order valence-electron chi connectivity index (χ1n) is 5.47. The van der Waals surface area contributed by atoms with E-state index in [-0.39, 0.29) is 0 Å². The Morgan fingerprint density at radius 1 is 1.13 bits per heavy atom. The van der Waals surface area contributed by atoms with E-state index in [2.05, 4.69) is 23.3 Å². The zero-order valence-corrected chi connectivity index (χ0v) is 8.90. The predicted octanol–water partition coefficient (Wildman–Crippen LogP) is 2.67. The molecule has 1 aliphatic carbocycles. The molecule has 0 atom stereocenters. The second-order valence-corrected chi connectivity index (χ2v) is 4.21. The molecule has 2 heteroatoms. The summed E-state index contributed by atoms with van der Waals surface area (Å²) in [4.78, 5) is 0. The van der Waals surface area contributed by atoms with Crippen molar-refractivity contribution in [3.63, 3.8) is 0 Å². The summed E-state index contributed by atoms with van der Waals surface area (Å²) >= 11 is 0. The van der Waals surface area contributed by atoms with Crippen LogP contribution in [0.5, 0.6) is 0 Å². The molecule has 3 rings (SSSR count). The Hall–Kier alpha value is -1.57. The number of hydrogen-bond acceptors (Lipinski definition) is 1. The van der Waals surface area contributed by atoms with Gasteiger partial charge in [-0.1, -0.05) is 6.07 Å². The number of hydrogen-bond donors (Lipinski definition) is 0. The molecule has 76 valence electrons. The summed E-state index contributed by atoms with van der Waals surface area (Å²) in [5.41, 5.74) is 5.27. The van der Waals surface area contributed by atoms with Crippen molar-refractivity contribution in [2.24, 2.45) is 0 Å². The summed E-state index contributed by atoms with van der Waals surface area (Å²) in [6, 6.07) is 8.72. The van der Waals surface area contributed by atoms with E-state index in [4.69, 9.17) is 0 Å². The first-order chi connectivity index (χ1) is 7.33. The average molecular weight is 198 g/mol. The molecule has 0 bridgehead atoms. The van der Waals surface area contributed by atoms with Crippen LogP contribution in [-0.4, -0.2) is 9.78 Å². The van der Waals surface area contributed by atoms with Gasteiger partial charge in [-0.05, 0) is 55.5 Å². The Morgan fingerprint density at radius 2 is 2.00 bits per heavy atom. The molecule has 0 amide bonds. The maximum Gasteiger partial charge on any atom is 0.0648 e. The number of aromatic nitrogens is 2. The van der Waals surface area contributed by atoms with Gasteiger partial charge in [0.15, 0.2) is 0 Å².